The van der Waals surface area contributed by atoms with Crippen LogP contribution in [0.3, 0.4) is 0 Å². The van der Waals surface area contributed by atoms with Crippen LogP contribution < -0.4 is 15.5 Å². The van der Waals surface area contributed by atoms with Gasteiger partial charge in [-0.2, -0.15) is 0 Å². The molecule has 0 spiro atoms. The molecule has 3 heterocycles. The van der Waals surface area contributed by atoms with E-state index < -0.39 is 0 Å². The zero-order chi connectivity index (χ0) is 21.1. The second-order valence-electron chi connectivity index (χ2n) is 7.10. The Kier molecular flexibility index (Phi) is 5.78. The first-order chi connectivity index (χ1) is 14.6. The molecule has 3 aromatic rings. The number of aryl methyl sites for hydroxylation is 1. The molecule has 4 rings (SSSR count). The molecule has 154 valence electrons. The van der Waals surface area contributed by atoms with E-state index in [2.05, 4.69) is 31.6 Å². The SMILES string of the molecule is COCC(=O)Nc1ccc(N2C(=S)N[C@H](c3ccccn3)[C@H]2c2ccc[nH]2)cc1C. The number of benzene rings is 1. The Morgan fingerprint density at radius 2 is 2.13 bits per heavy atom. The number of pyridine rings is 1. The van der Waals surface area contributed by atoms with Crippen LogP contribution in [0.15, 0.2) is 60.9 Å². The van der Waals surface area contributed by atoms with Gasteiger partial charge in [0.15, 0.2) is 5.11 Å². The summed E-state index contributed by atoms with van der Waals surface area (Å²) in [6, 6.07) is 15.6. The van der Waals surface area contributed by atoms with Gasteiger partial charge >= 0.3 is 0 Å². The van der Waals surface area contributed by atoms with E-state index in [0.717, 1.165) is 28.3 Å². The minimum absolute atomic E-state index is 0.0158. The van der Waals surface area contributed by atoms with Gasteiger partial charge in [0.2, 0.25) is 5.91 Å². The fourth-order valence-corrected chi connectivity index (χ4v) is 4.08. The Morgan fingerprint density at radius 3 is 2.80 bits per heavy atom. The van der Waals surface area contributed by atoms with Gasteiger partial charge in [-0.1, -0.05) is 6.07 Å². The van der Waals surface area contributed by atoms with E-state index in [-0.39, 0.29) is 24.6 Å². The summed E-state index contributed by atoms with van der Waals surface area (Å²) in [6.45, 7) is 1.97. The third kappa shape index (κ3) is 3.92. The van der Waals surface area contributed by atoms with Crippen molar-refractivity contribution in [2.24, 2.45) is 0 Å². The van der Waals surface area contributed by atoms with Gasteiger partial charge in [0.1, 0.15) is 12.6 Å². The van der Waals surface area contributed by atoms with E-state index in [0.29, 0.717) is 5.11 Å². The smallest absolute Gasteiger partial charge is 0.250 e. The molecule has 1 aliphatic rings. The number of nitrogens with one attached hydrogen (secondary N) is 3. The van der Waals surface area contributed by atoms with Crippen LogP contribution >= 0.6 is 12.2 Å². The number of aromatic nitrogens is 2. The summed E-state index contributed by atoms with van der Waals surface area (Å²) in [6.07, 6.45) is 3.69. The quantitative estimate of drug-likeness (QED) is 0.529. The van der Waals surface area contributed by atoms with Gasteiger partial charge < -0.3 is 25.3 Å². The Balaban J connectivity index is 1.69. The first kappa shape index (κ1) is 20.1. The number of anilines is 2. The number of aromatic amines is 1. The molecule has 0 unspecified atom stereocenters. The molecule has 0 saturated carbocycles. The number of hydrogen-bond acceptors (Lipinski definition) is 4. The molecule has 1 fully saturated rings. The van der Waals surface area contributed by atoms with Crippen molar-refractivity contribution >= 4 is 34.6 Å². The molecule has 2 aromatic heterocycles. The summed E-state index contributed by atoms with van der Waals surface area (Å²) in [7, 11) is 1.50. The van der Waals surface area contributed by atoms with Crippen LogP contribution in [0.1, 0.15) is 29.0 Å². The fraction of sp³-hybridized carbons (Fsp3) is 0.227. The Morgan fingerprint density at radius 1 is 1.27 bits per heavy atom. The Hall–Kier alpha value is -3.23. The maximum atomic E-state index is 11.9. The van der Waals surface area contributed by atoms with Crippen molar-refractivity contribution in [2.75, 3.05) is 23.9 Å². The lowest BCUT2D eigenvalue weighted by atomic mass is 10.0. The predicted octanol–water partition coefficient (Wildman–Crippen LogP) is 3.48. The number of ether oxygens (including phenoxy) is 1. The standard InChI is InChI=1S/C22H23N5O2S/c1-14-12-15(8-9-16(14)25-19(28)13-29-2)27-21(18-7-5-11-24-18)20(26-22(27)30)17-6-3-4-10-23-17/h3-12,20-21,24H,13H2,1-2H3,(H,25,28)(H,26,30)/t20-,21-/m1/s1. The zero-order valence-corrected chi connectivity index (χ0v) is 17.6. The van der Waals surface area contributed by atoms with Gasteiger partial charge in [0.05, 0.1) is 11.7 Å². The molecule has 0 aliphatic carbocycles. The lowest BCUT2D eigenvalue weighted by Gasteiger charge is -2.27. The van der Waals surface area contributed by atoms with Crippen molar-refractivity contribution in [1.29, 1.82) is 0 Å². The van der Waals surface area contributed by atoms with E-state index in [4.69, 9.17) is 17.0 Å². The van der Waals surface area contributed by atoms with Crippen molar-refractivity contribution in [3.8, 4) is 0 Å². The first-order valence-corrected chi connectivity index (χ1v) is 10.0. The predicted molar refractivity (Wildman–Crippen MR) is 120 cm³/mol. The number of amides is 1. The first-order valence-electron chi connectivity index (χ1n) is 9.62. The number of rotatable bonds is 6. The molecule has 30 heavy (non-hydrogen) atoms. The van der Waals surface area contributed by atoms with Crippen LogP contribution in [0.5, 0.6) is 0 Å². The molecule has 1 amide bonds. The van der Waals surface area contributed by atoms with Crippen LogP contribution in [0.2, 0.25) is 0 Å². The van der Waals surface area contributed by atoms with E-state index in [9.17, 15) is 4.79 Å². The number of hydrogen-bond donors (Lipinski definition) is 3. The summed E-state index contributed by atoms with van der Waals surface area (Å²) in [5.41, 5.74) is 4.57. The molecule has 7 nitrogen and oxygen atoms in total. The van der Waals surface area contributed by atoms with E-state index in [1.165, 1.54) is 7.11 Å². The van der Waals surface area contributed by atoms with E-state index in [1.807, 2.05) is 55.6 Å². The topological polar surface area (TPSA) is 82.3 Å². The lowest BCUT2D eigenvalue weighted by molar-refractivity contribution is -0.119. The average Bonchev–Trinajstić information content (AvgIpc) is 3.38. The highest BCUT2D eigenvalue weighted by atomic mass is 32.1. The van der Waals surface area contributed by atoms with Crippen molar-refractivity contribution in [3.05, 3.63) is 77.9 Å². The maximum absolute atomic E-state index is 11.9. The van der Waals surface area contributed by atoms with Crippen LogP contribution in [-0.4, -0.2) is 34.7 Å². The molecule has 0 radical (unpaired) electrons. The third-order valence-corrected chi connectivity index (χ3v) is 5.39. The molecule has 2 atom stereocenters. The largest absolute Gasteiger partial charge is 0.375 e. The number of carbonyl (C=O) groups excluding carboxylic acids is 1. The van der Waals surface area contributed by atoms with E-state index in [1.54, 1.807) is 6.20 Å². The normalized spacial score (nSPS) is 18.3. The second kappa shape index (κ2) is 8.64. The minimum Gasteiger partial charge on any atom is -0.375 e. The summed E-state index contributed by atoms with van der Waals surface area (Å²) < 4.78 is 4.89. The van der Waals surface area contributed by atoms with Gasteiger partial charge in [-0.3, -0.25) is 9.78 Å². The maximum Gasteiger partial charge on any atom is 0.250 e. The summed E-state index contributed by atoms with van der Waals surface area (Å²) in [4.78, 5) is 21.8. The van der Waals surface area contributed by atoms with Crippen molar-refractivity contribution < 1.29 is 9.53 Å². The summed E-state index contributed by atoms with van der Waals surface area (Å²) in [5.74, 6) is -0.189. The van der Waals surface area contributed by atoms with Gasteiger partial charge in [-0.15, -0.1) is 0 Å². The Bertz CT molecular complexity index is 1040. The molecular formula is C22H23N5O2S. The highest BCUT2D eigenvalue weighted by Gasteiger charge is 2.41. The highest BCUT2D eigenvalue weighted by Crippen LogP contribution is 2.41. The van der Waals surface area contributed by atoms with Crippen LogP contribution in [-0.2, 0) is 9.53 Å². The molecule has 3 N–H and O–H groups in total. The molecule has 8 heteroatoms. The van der Waals surface area contributed by atoms with Crippen LogP contribution in [0, 0.1) is 6.92 Å². The highest BCUT2D eigenvalue weighted by molar-refractivity contribution is 7.80. The second-order valence-corrected chi connectivity index (χ2v) is 7.49. The van der Waals surface area contributed by atoms with Crippen molar-refractivity contribution in [3.63, 3.8) is 0 Å². The monoisotopic (exact) mass is 421 g/mol. The average molecular weight is 422 g/mol. The molecule has 1 saturated heterocycles. The molecular weight excluding hydrogens is 398 g/mol. The third-order valence-electron chi connectivity index (χ3n) is 5.08. The van der Waals surface area contributed by atoms with Gasteiger partial charge in [-0.05, 0) is 67.2 Å². The number of methoxy groups -OCH3 is 1. The number of thiocarbonyl (C=S) groups is 1. The molecule has 0 bridgehead atoms. The van der Waals surface area contributed by atoms with Crippen LogP contribution in [0.4, 0.5) is 11.4 Å². The fourth-order valence-electron chi connectivity index (χ4n) is 3.73. The zero-order valence-electron chi connectivity index (χ0n) is 16.8. The van der Waals surface area contributed by atoms with Gasteiger partial charge in [-0.25, -0.2) is 0 Å². The van der Waals surface area contributed by atoms with Gasteiger partial charge in [0.25, 0.3) is 0 Å². The molecule has 1 aliphatic heterocycles. The van der Waals surface area contributed by atoms with Crippen LogP contribution in [0.25, 0.3) is 0 Å². The van der Waals surface area contributed by atoms with Crippen molar-refractivity contribution in [2.45, 2.75) is 19.0 Å². The van der Waals surface area contributed by atoms with Crippen molar-refractivity contribution in [1.82, 2.24) is 15.3 Å². The Labute approximate surface area is 180 Å². The number of H-pyrrole nitrogens is 1. The summed E-state index contributed by atoms with van der Waals surface area (Å²) >= 11 is 5.72. The lowest BCUT2D eigenvalue weighted by Crippen LogP contribution is -2.29. The number of carbonyl (C=O) groups is 1. The number of nitrogens with zero attached hydrogens (tertiary/aromatic N) is 2. The minimum atomic E-state index is -0.189. The van der Waals surface area contributed by atoms with Gasteiger partial charge in [0, 0.05) is 36.6 Å². The van der Waals surface area contributed by atoms with E-state index >= 15 is 0 Å². The summed E-state index contributed by atoms with van der Waals surface area (Å²) in [5, 5.41) is 6.92. The molecule has 1 aromatic carbocycles.